The molecule has 8 heteroatoms. The maximum atomic E-state index is 12.1. The second-order valence-corrected chi connectivity index (χ2v) is 7.57. The second kappa shape index (κ2) is 7.63. The van der Waals surface area contributed by atoms with E-state index in [1.807, 2.05) is 25.1 Å². The van der Waals surface area contributed by atoms with Gasteiger partial charge in [-0.05, 0) is 37.5 Å². The molecule has 0 atom stereocenters. The Morgan fingerprint density at radius 2 is 2.00 bits per heavy atom. The number of carbonyl (C=O) groups excluding carboxylic acids is 1. The van der Waals surface area contributed by atoms with Crippen molar-refractivity contribution in [2.24, 2.45) is 0 Å². The highest BCUT2D eigenvalue weighted by molar-refractivity contribution is 7.17. The predicted molar refractivity (Wildman–Crippen MR) is 110 cm³/mol. The van der Waals surface area contributed by atoms with Gasteiger partial charge < -0.3 is 20.1 Å². The topological polar surface area (TPSA) is 85.4 Å². The van der Waals surface area contributed by atoms with Gasteiger partial charge in [0, 0.05) is 17.0 Å². The number of nitrogens with zero attached hydrogens (tertiary/aromatic N) is 2. The molecule has 0 spiro atoms. The molecular formula is C20H22N4O3S. The van der Waals surface area contributed by atoms with Crippen LogP contribution in [-0.2, 0) is 4.79 Å². The van der Waals surface area contributed by atoms with Gasteiger partial charge in [0.1, 0.15) is 16.5 Å². The number of hydrogen-bond donors (Lipinski definition) is 2. The van der Waals surface area contributed by atoms with E-state index in [0.29, 0.717) is 29.2 Å². The van der Waals surface area contributed by atoms with E-state index in [-0.39, 0.29) is 12.5 Å². The standard InChI is InChI=1S/C20H22N4O3S/c1-11-22-19(21-9-17(25)24-13-5-6-13)18-14(10-28-20(18)23-11)12-4-7-15(26-2)16(8-12)27-3/h4,7-8,10,13H,5-6,9H2,1-3H3,(H,24,25)(H,21,22,23). The number of anilines is 1. The van der Waals surface area contributed by atoms with E-state index >= 15 is 0 Å². The van der Waals surface area contributed by atoms with Crippen LogP contribution in [0.5, 0.6) is 11.5 Å². The van der Waals surface area contributed by atoms with E-state index in [0.717, 1.165) is 34.2 Å². The largest absolute Gasteiger partial charge is 0.493 e. The van der Waals surface area contributed by atoms with Crippen LogP contribution in [-0.4, -0.2) is 42.7 Å². The Bertz CT molecular complexity index is 1030. The van der Waals surface area contributed by atoms with Gasteiger partial charge in [-0.1, -0.05) is 6.07 Å². The third kappa shape index (κ3) is 3.73. The number of thiophene rings is 1. The summed E-state index contributed by atoms with van der Waals surface area (Å²) in [6.07, 6.45) is 2.13. The van der Waals surface area contributed by atoms with Gasteiger partial charge in [-0.2, -0.15) is 0 Å². The van der Waals surface area contributed by atoms with Gasteiger partial charge >= 0.3 is 0 Å². The van der Waals surface area contributed by atoms with Crippen molar-refractivity contribution in [2.45, 2.75) is 25.8 Å². The molecule has 2 N–H and O–H groups in total. The Kier molecular flexibility index (Phi) is 5.04. The van der Waals surface area contributed by atoms with Crippen molar-refractivity contribution in [3.8, 4) is 22.6 Å². The van der Waals surface area contributed by atoms with E-state index in [9.17, 15) is 4.79 Å². The lowest BCUT2D eigenvalue weighted by Crippen LogP contribution is -2.31. The summed E-state index contributed by atoms with van der Waals surface area (Å²) >= 11 is 1.55. The molecular weight excluding hydrogens is 376 g/mol. The summed E-state index contributed by atoms with van der Waals surface area (Å²) < 4.78 is 10.8. The van der Waals surface area contributed by atoms with Gasteiger partial charge in [0.25, 0.3) is 0 Å². The van der Waals surface area contributed by atoms with E-state index < -0.39 is 0 Å². The Hall–Kier alpha value is -2.87. The maximum absolute atomic E-state index is 12.1. The molecule has 1 amide bonds. The van der Waals surface area contributed by atoms with Gasteiger partial charge in [0.2, 0.25) is 5.91 Å². The van der Waals surface area contributed by atoms with Crippen LogP contribution in [0.4, 0.5) is 5.82 Å². The molecule has 7 nitrogen and oxygen atoms in total. The fourth-order valence-electron chi connectivity index (χ4n) is 3.06. The molecule has 28 heavy (non-hydrogen) atoms. The highest BCUT2D eigenvalue weighted by Crippen LogP contribution is 2.40. The molecule has 2 aromatic heterocycles. The number of ether oxygens (including phenoxy) is 2. The molecule has 1 aromatic carbocycles. The monoisotopic (exact) mass is 398 g/mol. The number of aryl methyl sites for hydroxylation is 1. The Morgan fingerprint density at radius 3 is 2.71 bits per heavy atom. The minimum atomic E-state index is -0.0187. The summed E-state index contributed by atoms with van der Waals surface area (Å²) in [6.45, 7) is 2.04. The minimum Gasteiger partial charge on any atom is -0.493 e. The SMILES string of the molecule is COc1ccc(-c2csc3nc(C)nc(NCC(=O)NC4CC4)c23)cc1OC. The summed E-state index contributed by atoms with van der Waals surface area (Å²) in [5.41, 5.74) is 1.97. The molecule has 0 bridgehead atoms. The molecule has 2 heterocycles. The van der Waals surface area contributed by atoms with Gasteiger partial charge in [-0.15, -0.1) is 11.3 Å². The Labute approximate surface area is 167 Å². The number of fused-ring (bicyclic) bond motifs is 1. The van der Waals surface area contributed by atoms with Crippen LogP contribution >= 0.6 is 11.3 Å². The Morgan fingerprint density at radius 1 is 1.21 bits per heavy atom. The molecule has 1 aliphatic carbocycles. The van der Waals surface area contributed by atoms with Gasteiger partial charge in [0.05, 0.1) is 26.2 Å². The third-order valence-electron chi connectivity index (χ3n) is 4.60. The summed E-state index contributed by atoms with van der Waals surface area (Å²) in [6, 6.07) is 6.13. The summed E-state index contributed by atoms with van der Waals surface area (Å²) in [4.78, 5) is 22.1. The van der Waals surface area contributed by atoms with E-state index in [1.165, 1.54) is 0 Å². The zero-order valence-corrected chi connectivity index (χ0v) is 16.9. The molecule has 1 aliphatic rings. The van der Waals surface area contributed by atoms with Crippen LogP contribution in [0.3, 0.4) is 0 Å². The van der Waals surface area contributed by atoms with E-state index in [2.05, 4.69) is 26.0 Å². The van der Waals surface area contributed by atoms with Crippen LogP contribution in [0.1, 0.15) is 18.7 Å². The first-order valence-electron chi connectivity index (χ1n) is 9.10. The highest BCUT2D eigenvalue weighted by Gasteiger charge is 2.23. The van der Waals surface area contributed by atoms with Crippen molar-refractivity contribution in [1.82, 2.24) is 15.3 Å². The zero-order valence-electron chi connectivity index (χ0n) is 16.0. The second-order valence-electron chi connectivity index (χ2n) is 6.71. The lowest BCUT2D eigenvalue weighted by Gasteiger charge is -2.11. The summed E-state index contributed by atoms with van der Waals surface area (Å²) in [5, 5.41) is 9.13. The number of methoxy groups -OCH3 is 2. The molecule has 3 aromatic rings. The smallest absolute Gasteiger partial charge is 0.239 e. The summed E-state index contributed by atoms with van der Waals surface area (Å²) in [7, 11) is 3.23. The van der Waals surface area contributed by atoms with Gasteiger partial charge in [-0.3, -0.25) is 4.79 Å². The molecule has 0 unspecified atom stereocenters. The number of carbonyl (C=O) groups is 1. The van der Waals surface area contributed by atoms with Crippen LogP contribution < -0.4 is 20.1 Å². The molecule has 0 aliphatic heterocycles. The van der Waals surface area contributed by atoms with Crippen molar-refractivity contribution in [1.29, 1.82) is 0 Å². The van der Waals surface area contributed by atoms with Gasteiger partial charge in [0.15, 0.2) is 11.5 Å². The fourth-order valence-corrected chi connectivity index (χ4v) is 4.06. The van der Waals surface area contributed by atoms with Crippen LogP contribution in [0.2, 0.25) is 0 Å². The summed E-state index contributed by atoms with van der Waals surface area (Å²) in [5.74, 6) is 2.64. The lowest BCUT2D eigenvalue weighted by atomic mass is 10.1. The quantitative estimate of drug-likeness (QED) is 0.635. The van der Waals surface area contributed by atoms with E-state index in [1.54, 1.807) is 25.6 Å². The molecule has 4 rings (SSSR count). The minimum absolute atomic E-state index is 0.0187. The maximum Gasteiger partial charge on any atom is 0.239 e. The first-order chi connectivity index (χ1) is 13.6. The molecule has 0 saturated heterocycles. The van der Waals surface area contributed by atoms with Crippen molar-refractivity contribution in [3.05, 3.63) is 29.4 Å². The molecule has 146 valence electrons. The Balaban J connectivity index is 1.70. The van der Waals surface area contributed by atoms with Crippen LogP contribution in [0.15, 0.2) is 23.6 Å². The highest BCUT2D eigenvalue weighted by atomic mass is 32.1. The van der Waals surface area contributed by atoms with Crippen molar-refractivity contribution >= 4 is 33.3 Å². The number of amides is 1. The number of aromatic nitrogens is 2. The molecule has 0 radical (unpaired) electrons. The molecule has 1 saturated carbocycles. The first-order valence-corrected chi connectivity index (χ1v) is 9.98. The first kappa shape index (κ1) is 18.5. The number of benzene rings is 1. The zero-order chi connectivity index (χ0) is 19.7. The molecule has 1 fully saturated rings. The van der Waals surface area contributed by atoms with Crippen molar-refractivity contribution in [3.63, 3.8) is 0 Å². The number of rotatable bonds is 7. The normalized spacial score (nSPS) is 13.4. The number of hydrogen-bond acceptors (Lipinski definition) is 7. The fraction of sp³-hybridized carbons (Fsp3) is 0.350. The van der Waals surface area contributed by atoms with Crippen LogP contribution in [0.25, 0.3) is 21.3 Å². The third-order valence-corrected chi connectivity index (χ3v) is 5.47. The number of nitrogens with one attached hydrogen (secondary N) is 2. The average Bonchev–Trinajstić information content (AvgIpc) is 3.41. The average molecular weight is 398 g/mol. The van der Waals surface area contributed by atoms with Gasteiger partial charge in [-0.25, -0.2) is 9.97 Å². The lowest BCUT2D eigenvalue weighted by molar-refractivity contribution is -0.119. The van der Waals surface area contributed by atoms with Crippen molar-refractivity contribution < 1.29 is 14.3 Å². The van der Waals surface area contributed by atoms with Crippen molar-refractivity contribution in [2.75, 3.05) is 26.1 Å². The predicted octanol–water partition coefficient (Wildman–Crippen LogP) is 3.37. The van der Waals surface area contributed by atoms with Crippen LogP contribution in [0, 0.1) is 6.92 Å². The van der Waals surface area contributed by atoms with E-state index in [4.69, 9.17) is 9.47 Å².